The predicted molar refractivity (Wildman–Crippen MR) is 59.4 cm³/mol. The Bertz CT molecular complexity index is 332. The van der Waals surface area contributed by atoms with Gasteiger partial charge in [0.15, 0.2) is 6.29 Å². The van der Waals surface area contributed by atoms with Crippen molar-refractivity contribution in [2.45, 2.75) is 25.2 Å². The molecule has 0 saturated carbocycles. The smallest absolute Gasteiger partial charge is 0.161 e. The van der Waals surface area contributed by atoms with E-state index in [-0.39, 0.29) is 12.4 Å². The summed E-state index contributed by atoms with van der Waals surface area (Å²) in [7, 11) is 1.67. The van der Waals surface area contributed by atoms with Gasteiger partial charge in [-0.2, -0.15) is 0 Å². The molecule has 2 nitrogen and oxygen atoms in total. The number of rotatable bonds is 2. The van der Waals surface area contributed by atoms with Crippen molar-refractivity contribution >= 4 is 0 Å². The van der Waals surface area contributed by atoms with Gasteiger partial charge in [-0.1, -0.05) is 42.5 Å². The van der Waals surface area contributed by atoms with Crippen LogP contribution in [0.15, 0.2) is 42.5 Å². The minimum atomic E-state index is -0.142. The Morgan fingerprint density at radius 2 is 2.00 bits per heavy atom. The highest BCUT2D eigenvalue weighted by atomic mass is 16.7. The summed E-state index contributed by atoms with van der Waals surface area (Å²) >= 11 is 0. The molecule has 15 heavy (non-hydrogen) atoms. The van der Waals surface area contributed by atoms with Crippen LogP contribution >= 0.6 is 0 Å². The molecular weight excluding hydrogens is 188 g/mol. The summed E-state index contributed by atoms with van der Waals surface area (Å²) < 4.78 is 11.0. The summed E-state index contributed by atoms with van der Waals surface area (Å²) in [5.41, 5.74) is 2.39. The first kappa shape index (κ1) is 10.4. The molecule has 1 saturated heterocycles. The molecule has 1 aromatic carbocycles. The molecule has 0 bridgehead atoms. The lowest BCUT2D eigenvalue weighted by Crippen LogP contribution is -2.25. The van der Waals surface area contributed by atoms with Gasteiger partial charge in [-0.05, 0) is 12.0 Å². The molecule has 0 aliphatic carbocycles. The van der Waals surface area contributed by atoms with Gasteiger partial charge in [-0.25, -0.2) is 0 Å². The van der Waals surface area contributed by atoms with Crippen LogP contribution in [0.5, 0.6) is 0 Å². The first-order valence-corrected chi connectivity index (χ1v) is 5.19. The third-order valence-electron chi connectivity index (χ3n) is 2.68. The molecular formula is C13H16O2. The average Bonchev–Trinajstić information content (AvgIpc) is 2.29. The van der Waals surface area contributed by atoms with E-state index in [0.29, 0.717) is 0 Å². The Labute approximate surface area is 90.5 Å². The lowest BCUT2D eigenvalue weighted by Gasteiger charge is -2.30. The maximum atomic E-state index is 5.81. The van der Waals surface area contributed by atoms with Crippen molar-refractivity contribution in [3.63, 3.8) is 0 Å². The van der Waals surface area contributed by atoms with Crippen molar-refractivity contribution in [3.8, 4) is 0 Å². The third kappa shape index (κ3) is 2.46. The van der Waals surface area contributed by atoms with Gasteiger partial charge in [0.1, 0.15) is 0 Å². The van der Waals surface area contributed by atoms with Gasteiger partial charge >= 0.3 is 0 Å². The van der Waals surface area contributed by atoms with E-state index in [9.17, 15) is 0 Å². The van der Waals surface area contributed by atoms with Crippen LogP contribution in [0, 0.1) is 0 Å². The second-order valence-electron chi connectivity index (χ2n) is 3.86. The van der Waals surface area contributed by atoms with E-state index in [4.69, 9.17) is 9.47 Å². The summed E-state index contributed by atoms with van der Waals surface area (Å²) in [4.78, 5) is 0. The topological polar surface area (TPSA) is 18.5 Å². The minimum absolute atomic E-state index is 0.0948. The fraction of sp³-hybridized carbons (Fsp3) is 0.385. The fourth-order valence-electron chi connectivity index (χ4n) is 1.86. The molecule has 1 aliphatic heterocycles. The van der Waals surface area contributed by atoms with E-state index in [1.165, 1.54) is 11.1 Å². The van der Waals surface area contributed by atoms with Gasteiger partial charge in [0.2, 0.25) is 0 Å². The van der Waals surface area contributed by atoms with Crippen molar-refractivity contribution < 1.29 is 9.47 Å². The van der Waals surface area contributed by atoms with E-state index >= 15 is 0 Å². The molecule has 1 aromatic rings. The molecule has 0 radical (unpaired) electrons. The monoisotopic (exact) mass is 204 g/mol. The Balaban J connectivity index is 2.12. The van der Waals surface area contributed by atoms with Crippen molar-refractivity contribution in [1.29, 1.82) is 0 Å². The van der Waals surface area contributed by atoms with Gasteiger partial charge < -0.3 is 9.47 Å². The normalized spacial score (nSPS) is 26.6. The third-order valence-corrected chi connectivity index (χ3v) is 2.68. The Morgan fingerprint density at radius 1 is 1.27 bits per heavy atom. The molecule has 2 rings (SSSR count). The van der Waals surface area contributed by atoms with Crippen LogP contribution in [-0.2, 0) is 9.47 Å². The molecule has 2 atom stereocenters. The van der Waals surface area contributed by atoms with Crippen molar-refractivity contribution in [3.05, 3.63) is 48.0 Å². The minimum Gasteiger partial charge on any atom is -0.356 e. The zero-order valence-electron chi connectivity index (χ0n) is 8.98. The van der Waals surface area contributed by atoms with Crippen molar-refractivity contribution in [2.75, 3.05) is 7.11 Å². The SMILES string of the molecule is C=C1C[C@@H](OC)O[C@@H](c2ccccc2)C1. The van der Waals surface area contributed by atoms with Gasteiger partial charge in [0, 0.05) is 13.5 Å². The van der Waals surface area contributed by atoms with Crippen LogP contribution in [0.1, 0.15) is 24.5 Å². The molecule has 0 amide bonds. The highest BCUT2D eigenvalue weighted by Gasteiger charge is 2.25. The Hall–Kier alpha value is -1.12. The summed E-state index contributed by atoms with van der Waals surface area (Å²) in [5, 5.41) is 0. The van der Waals surface area contributed by atoms with E-state index in [1.54, 1.807) is 7.11 Å². The molecule has 0 N–H and O–H groups in total. The predicted octanol–water partition coefficient (Wildman–Crippen LogP) is 3.07. The number of benzene rings is 1. The van der Waals surface area contributed by atoms with Crippen LogP contribution in [0.4, 0.5) is 0 Å². The van der Waals surface area contributed by atoms with Crippen LogP contribution in [0.25, 0.3) is 0 Å². The lowest BCUT2D eigenvalue weighted by atomic mass is 9.97. The molecule has 0 unspecified atom stereocenters. The van der Waals surface area contributed by atoms with Crippen molar-refractivity contribution in [2.24, 2.45) is 0 Å². The van der Waals surface area contributed by atoms with E-state index in [1.807, 2.05) is 18.2 Å². The summed E-state index contributed by atoms with van der Waals surface area (Å²) in [5.74, 6) is 0. The van der Waals surface area contributed by atoms with Crippen LogP contribution in [0.3, 0.4) is 0 Å². The number of hydrogen-bond acceptors (Lipinski definition) is 2. The standard InChI is InChI=1S/C13H16O2/c1-10-8-12(15-13(9-10)14-2)11-6-4-3-5-7-11/h3-7,12-13H,1,8-9H2,2H3/t12-,13+/m1/s1. The summed E-state index contributed by atoms with van der Waals surface area (Å²) in [6, 6.07) is 10.2. The zero-order valence-corrected chi connectivity index (χ0v) is 8.98. The first-order valence-electron chi connectivity index (χ1n) is 5.19. The molecule has 1 aliphatic rings. The summed E-state index contributed by atoms with van der Waals surface area (Å²) in [6.45, 7) is 4.03. The molecule has 80 valence electrons. The van der Waals surface area contributed by atoms with Gasteiger partial charge in [-0.3, -0.25) is 0 Å². The first-order chi connectivity index (χ1) is 7.29. The van der Waals surface area contributed by atoms with Gasteiger partial charge in [0.25, 0.3) is 0 Å². The van der Waals surface area contributed by atoms with E-state index < -0.39 is 0 Å². The maximum absolute atomic E-state index is 5.81. The molecule has 1 fully saturated rings. The van der Waals surface area contributed by atoms with Crippen LogP contribution < -0.4 is 0 Å². The molecule has 2 heteroatoms. The molecule has 0 aromatic heterocycles. The van der Waals surface area contributed by atoms with Crippen LogP contribution in [0.2, 0.25) is 0 Å². The Kier molecular flexibility index (Phi) is 3.19. The second-order valence-corrected chi connectivity index (χ2v) is 3.86. The maximum Gasteiger partial charge on any atom is 0.161 e. The van der Waals surface area contributed by atoms with Gasteiger partial charge in [0.05, 0.1) is 6.10 Å². The lowest BCUT2D eigenvalue weighted by molar-refractivity contribution is -0.169. The van der Waals surface area contributed by atoms with Crippen LogP contribution in [-0.4, -0.2) is 13.4 Å². The number of methoxy groups -OCH3 is 1. The highest BCUT2D eigenvalue weighted by molar-refractivity contribution is 5.20. The zero-order chi connectivity index (χ0) is 10.7. The van der Waals surface area contributed by atoms with E-state index in [0.717, 1.165) is 12.8 Å². The highest BCUT2D eigenvalue weighted by Crippen LogP contribution is 2.33. The summed E-state index contributed by atoms with van der Waals surface area (Å²) in [6.07, 6.45) is 1.65. The fourth-order valence-corrected chi connectivity index (χ4v) is 1.86. The van der Waals surface area contributed by atoms with Gasteiger partial charge in [-0.15, -0.1) is 0 Å². The second kappa shape index (κ2) is 4.60. The Morgan fingerprint density at radius 3 is 2.67 bits per heavy atom. The van der Waals surface area contributed by atoms with E-state index in [2.05, 4.69) is 18.7 Å². The largest absolute Gasteiger partial charge is 0.356 e. The average molecular weight is 204 g/mol. The van der Waals surface area contributed by atoms with Crippen molar-refractivity contribution in [1.82, 2.24) is 0 Å². The number of hydrogen-bond donors (Lipinski definition) is 0. The molecule has 1 heterocycles. The number of ether oxygens (including phenoxy) is 2. The molecule has 0 spiro atoms. The quantitative estimate of drug-likeness (QED) is 0.689.